The molecule has 3 heteroatoms. The summed E-state index contributed by atoms with van der Waals surface area (Å²) in [5.74, 6) is 1.08. The first-order valence-electron chi connectivity index (χ1n) is 8.43. The largest absolute Gasteiger partial charge is 0.465 e. The van der Waals surface area contributed by atoms with Crippen LogP contribution in [0.5, 0.6) is 0 Å². The van der Waals surface area contributed by atoms with Crippen LogP contribution in [-0.2, 0) is 14.3 Å². The zero-order valence-corrected chi connectivity index (χ0v) is 13.4. The van der Waals surface area contributed by atoms with Gasteiger partial charge in [0.05, 0.1) is 12.5 Å². The van der Waals surface area contributed by atoms with E-state index in [0.717, 1.165) is 51.0 Å². The molecule has 0 aromatic carbocycles. The first-order chi connectivity index (χ1) is 9.77. The predicted molar refractivity (Wildman–Crippen MR) is 81.7 cm³/mol. The standard InChI is InChI=1S/C17H32O3/c1-3-8-15-9-11-16(12-10-15)17(18)20-14-7-5-4-6-13-19-2/h15-16H,3-14H2,1-2H3. The smallest absolute Gasteiger partial charge is 0.308 e. The van der Waals surface area contributed by atoms with Gasteiger partial charge in [0.25, 0.3) is 0 Å². The van der Waals surface area contributed by atoms with Crippen LogP contribution in [0.3, 0.4) is 0 Å². The van der Waals surface area contributed by atoms with Crippen molar-refractivity contribution in [3.8, 4) is 0 Å². The molecular formula is C17H32O3. The van der Waals surface area contributed by atoms with Crippen LogP contribution in [0.2, 0.25) is 0 Å². The van der Waals surface area contributed by atoms with Crippen molar-refractivity contribution in [2.24, 2.45) is 11.8 Å². The Balaban J connectivity index is 2.00. The fraction of sp³-hybridized carbons (Fsp3) is 0.941. The summed E-state index contributed by atoms with van der Waals surface area (Å²) in [6, 6.07) is 0. The number of ether oxygens (including phenoxy) is 2. The number of rotatable bonds is 10. The number of methoxy groups -OCH3 is 1. The Hall–Kier alpha value is -0.570. The fourth-order valence-corrected chi connectivity index (χ4v) is 3.09. The number of hydrogen-bond donors (Lipinski definition) is 0. The van der Waals surface area contributed by atoms with Gasteiger partial charge in [-0.3, -0.25) is 4.79 Å². The number of carbonyl (C=O) groups is 1. The summed E-state index contributed by atoms with van der Waals surface area (Å²) in [6.45, 7) is 3.68. The molecule has 0 aromatic heterocycles. The van der Waals surface area contributed by atoms with Crippen LogP contribution >= 0.6 is 0 Å². The highest BCUT2D eigenvalue weighted by Crippen LogP contribution is 2.32. The fourth-order valence-electron chi connectivity index (χ4n) is 3.09. The van der Waals surface area contributed by atoms with Crippen molar-refractivity contribution in [2.75, 3.05) is 20.3 Å². The van der Waals surface area contributed by atoms with Crippen LogP contribution in [0.15, 0.2) is 0 Å². The first-order valence-corrected chi connectivity index (χ1v) is 8.43. The van der Waals surface area contributed by atoms with Gasteiger partial charge in [-0.15, -0.1) is 0 Å². The molecule has 0 radical (unpaired) electrons. The quantitative estimate of drug-likeness (QED) is 0.442. The van der Waals surface area contributed by atoms with E-state index in [1.807, 2.05) is 0 Å². The molecule has 1 aliphatic carbocycles. The summed E-state index contributed by atoms with van der Waals surface area (Å²) in [7, 11) is 1.73. The van der Waals surface area contributed by atoms with Gasteiger partial charge in [-0.2, -0.15) is 0 Å². The molecule has 0 unspecified atom stereocenters. The molecule has 0 aromatic rings. The molecule has 1 rings (SSSR count). The van der Waals surface area contributed by atoms with Crippen molar-refractivity contribution >= 4 is 5.97 Å². The summed E-state index contributed by atoms with van der Waals surface area (Å²) in [6.07, 6.45) is 11.5. The number of esters is 1. The van der Waals surface area contributed by atoms with E-state index in [2.05, 4.69) is 6.92 Å². The SMILES string of the molecule is CCCC1CCC(C(=O)OCCCCCCOC)CC1. The Morgan fingerprint density at radius 3 is 2.25 bits per heavy atom. The highest BCUT2D eigenvalue weighted by Gasteiger charge is 2.26. The van der Waals surface area contributed by atoms with E-state index < -0.39 is 0 Å². The van der Waals surface area contributed by atoms with Crippen molar-refractivity contribution in [1.82, 2.24) is 0 Å². The second-order valence-corrected chi connectivity index (χ2v) is 6.08. The highest BCUT2D eigenvalue weighted by molar-refractivity contribution is 5.72. The summed E-state index contributed by atoms with van der Waals surface area (Å²) in [5.41, 5.74) is 0. The molecule has 0 amide bonds. The molecule has 0 atom stereocenters. The lowest BCUT2D eigenvalue weighted by Gasteiger charge is -2.26. The van der Waals surface area contributed by atoms with Crippen LogP contribution in [0.4, 0.5) is 0 Å². The Labute approximate surface area is 124 Å². The van der Waals surface area contributed by atoms with Gasteiger partial charge in [-0.25, -0.2) is 0 Å². The molecule has 0 saturated heterocycles. The number of hydrogen-bond acceptors (Lipinski definition) is 3. The van der Waals surface area contributed by atoms with Crippen LogP contribution < -0.4 is 0 Å². The lowest BCUT2D eigenvalue weighted by Crippen LogP contribution is -2.24. The molecule has 0 spiro atoms. The van der Waals surface area contributed by atoms with Crippen LogP contribution in [0.1, 0.15) is 71.1 Å². The minimum Gasteiger partial charge on any atom is -0.465 e. The maximum atomic E-state index is 12.0. The maximum absolute atomic E-state index is 12.0. The van der Waals surface area contributed by atoms with Gasteiger partial charge in [0, 0.05) is 13.7 Å². The Bertz CT molecular complexity index is 245. The third kappa shape index (κ3) is 7.28. The van der Waals surface area contributed by atoms with E-state index >= 15 is 0 Å². The van der Waals surface area contributed by atoms with Crippen LogP contribution in [-0.4, -0.2) is 26.3 Å². The molecule has 0 heterocycles. The summed E-state index contributed by atoms with van der Waals surface area (Å²) < 4.78 is 10.4. The highest BCUT2D eigenvalue weighted by atomic mass is 16.5. The van der Waals surface area contributed by atoms with E-state index in [-0.39, 0.29) is 11.9 Å². The lowest BCUT2D eigenvalue weighted by atomic mass is 9.80. The van der Waals surface area contributed by atoms with Gasteiger partial charge < -0.3 is 9.47 Å². The van der Waals surface area contributed by atoms with Crippen molar-refractivity contribution in [1.29, 1.82) is 0 Å². The molecule has 0 aliphatic heterocycles. The van der Waals surface area contributed by atoms with E-state index in [4.69, 9.17) is 9.47 Å². The first kappa shape index (κ1) is 17.5. The summed E-state index contributed by atoms with van der Waals surface area (Å²) in [4.78, 5) is 12.0. The molecule has 20 heavy (non-hydrogen) atoms. The minimum absolute atomic E-state index is 0.0526. The predicted octanol–water partition coefficient (Wildman–Crippen LogP) is 4.34. The van der Waals surface area contributed by atoms with Gasteiger partial charge in [0.2, 0.25) is 0 Å². The molecule has 118 valence electrons. The van der Waals surface area contributed by atoms with Crippen molar-refractivity contribution < 1.29 is 14.3 Å². The molecule has 0 N–H and O–H groups in total. The third-order valence-corrected chi connectivity index (χ3v) is 4.36. The van der Waals surface area contributed by atoms with E-state index in [9.17, 15) is 4.79 Å². The zero-order chi connectivity index (χ0) is 14.6. The molecule has 1 fully saturated rings. The molecule has 3 nitrogen and oxygen atoms in total. The van der Waals surface area contributed by atoms with Gasteiger partial charge in [0.15, 0.2) is 0 Å². The molecule has 1 aliphatic rings. The van der Waals surface area contributed by atoms with Crippen LogP contribution in [0, 0.1) is 11.8 Å². The molecule has 1 saturated carbocycles. The normalized spacial score (nSPS) is 22.7. The Morgan fingerprint density at radius 1 is 1.00 bits per heavy atom. The molecule has 0 bridgehead atoms. The maximum Gasteiger partial charge on any atom is 0.308 e. The minimum atomic E-state index is 0.0526. The van der Waals surface area contributed by atoms with Gasteiger partial charge in [-0.1, -0.05) is 26.2 Å². The van der Waals surface area contributed by atoms with Gasteiger partial charge in [0.1, 0.15) is 0 Å². The topological polar surface area (TPSA) is 35.5 Å². The number of carbonyl (C=O) groups excluding carboxylic acids is 1. The van der Waals surface area contributed by atoms with E-state index in [1.165, 1.54) is 25.7 Å². The lowest BCUT2D eigenvalue weighted by molar-refractivity contribution is -0.150. The Kier molecular flexibility index (Phi) is 9.73. The summed E-state index contributed by atoms with van der Waals surface area (Å²) in [5, 5.41) is 0. The average Bonchev–Trinajstić information content (AvgIpc) is 2.47. The van der Waals surface area contributed by atoms with Gasteiger partial charge in [-0.05, 0) is 50.9 Å². The van der Waals surface area contributed by atoms with Crippen molar-refractivity contribution in [2.45, 2.75) is 71.1 Å². The van der Waals surface area contributed by atoms with Crippen molar-refractivity contribution in [3.63, 3.8) is 0 Å². The van der Waals surface area contributed by atoms with E-state index in [0.29, 0.717) is 6.61 Å². The van der Waals surface area contributed by atoms with Crippen LogP contribution in [0.25, 0.3) is 0 Å². The Morgan fingerprint density at radius 2 is 1.65 bits per heavy atom. The average molecular weight is 284 g/mol. The summed E-state index contributed by atoms with van der Waals surface area (Å²) >= 11 is 0. The van der Waals surface area contributed by atoms with Gasteiger partial charge >= 0.3 is 5.97 Å². The second-order valence-electron chi connectivity index (χ2n) is 6.08. The van der Waals surface area contributed by atoms with Crippen molar-refractivity contribution in [3.05, 3.63) is 0 Å². The monoisotopic (exact) mass is 284 g/mol. The zero-order valence-electron chi connectivity index (χ0n) is 13.4. The molecular weight excluding hydrogens is 252 g/mol. The third-order valence-electron chi connectivity index (χ3n) is 4.36. The van der Waals surface area contributed by atoms with E-state index in [1.54, 1.807) is 7.11 Å². The second kappa shape index (κ2) is 11.1. The number of unbranched alkanes of at least 4 members (excludes halogenated alkanes) is 3.